The van der Waals surface area contributed by atoms with Crippen LogP contribution in [0.4, 0.5) is 0 Å². The smallest absolute Gasteiger partial charge is 0.223 e. The highest BCUT2D eigenvalue weighted by Gasteiger charge is 2.33. The minimum absolute atomic E-state index is 0.00417. The van der Waals surface area contributed by atoms with E-state index >= 15 is 0 Å². The fourth-order valence-electron chi connectivity index (χ4n) is 3.25. The molecular weight excluding hydrogens is 348 g/mol. The summed E-state index contributed by atoms with van der Waals surface area (Å²) in [6, 6.07) is -0.205. The summed E-state index contributed by atoms with van der Waals surface area (Å²) < 4.78 is 36.5. The Kier molecular flexibility index (Phi) is 8.08. The zero-order valence-corrected chi connectivity index (χ0v) is 15.6. The van der Waals surface area contributed by atoms with Crippen molar-refractivity contribution in [3.05, 3.63) is 0 Å². The number of nitrogens with one attached hydrogen (secondary N) is 2. The highest BCUT2D eigenvalue weighted by Crippen LogP contribution is 2.23. The second-order valence-corrected chi connectivity index (χ2v) is 8.74. The normalized spacial score (nSPS) is 28.6. The maximum atomic E-state index is 12.3. The fraction of sp³-hybridized carbons (Fsp3) is 0.938. The number of aliphatic hydroxyl groups excluding tert-OH is 1. The van der Waals surface area contributed by atoms with Crippen molar-refractivity contribution in [3.63, 3.8) is 0 Å². The van der Waals surface area contributed by atoms with E-state index < -0.39 is 16.1 Å². The molecule has 2 saturated heterocycles. The maximum absolute atomic E-state index is 12.3. The lowest BCUT2D eigenvalue weighted by Crippen LogP contribution is -2.52. The van der Waals surface area contributed by atoms with Crippen molar-refractivity contribution in [1.82, 2.24) is 10.0 Å². The van der Waals surface area contributed by atoms with Crippen LogP contribution in [-0.2, 0) is 24.3 Å². The van der Waals surface area contributed by atoms with Gasteiger partial charge in [-0.05, 0) is 39.0 Å². The van der Waals surface area contributed by atoms with Crippen molar-refractivity contribution in [2.75, 3.05) is 32.1 Å². The van der Waals surface area contributed by atoms with Crippen molar-refractivity contribution in [3.8, 4) is 0 Å². The van der Waals surface area contributed by atoms with Crippen LogP contribution in [0.5, 0.6) is 0 Å². The van der Waals surface area contributed by atoms with Crippen LogP contribution in [0.2, 0.25) is 0 Å². The lowest BCUT2D eigenvalue weighted by Gasteiger charge is -2.37. The van der Waals surface area contributed by atoms with Crippen molar-refractivity contribution >= 4 is 15.9 Å². The SMILES string of the molecule is CCS(=O)(=O)NCC[C@@H]1CC[C@@H](NC(=O)C2CCOCC2)[C@@H](CO)O1. The second kappa shape index (κ2) is 9.82. The van der Waals surface area contributed by atoms with Gasteiger partial charge in [0.1, 0.15) is 6.10 Å². The molecule has 3 atom stereocenters. The van der Waals surface area contributed by atoms with Crippen LogP contribution in [0, 0.1) is 5.92 Å². The molecular formula is C16H30N2O6S. The first-order valence-corrected chi connectivity index (χ1v) is 10.7. The number of carbonyl (C=O) groups excluding carboxylic acids is 1. The number of ether oxygens (including phenoxy) is 2. The van der Waals surface area contributed by atoms with Gasteiger partial charge in [-0.25, -0.2) is 13.1 Å². The molecule has 8 nitrogen and oxygen atoms in total. The summed E-state index contributed by atoms with van der Waals surface area (Å²) in [5, 5.41) is 12.6. The van der Waals surface area contributed by atoms with Crippen LogP contribution in [0.25, 0.3) is 0 Å². The summed E-state index contributed by atoms with van der Waals surface area (Å²) >= 11 is 0. The van der Waals surface area contributed by atoms with Gasteiger partial charge < -0.3 is 19.9 Å². The highest BCUT2D eigenvalue weighted by atomic mass is 32.2. The third-order valence-corrected chi connectivity index (χ3v) is 6.29. The highest BCUT2D eigenvalue weighted by molar-refractivity contribution is 7.89. The van der Waals surface area contributed by atoms with E-state index in [0.717, 1.165) is 19.3 Å². The maximum Gasteiger partial charge on any atom is 0.223 e. The predicted octanol–water partition coefficient (Wildman–Crippen LogP) is -0.233. The van der Waals surface area contributed by atoms with E-state index in [4.69, 9.17) is 9.47 Å². The summed E-state index contributed by atoms with van der Waals surface area (Å²) in [5.74, 6) is 0.0248. The Morgan fingerprint density at radius 1 is 1.20 bits per heavy atom. The molecule has 2 fully saturated rings. The number of sulfonamides is 1. The predicted molar refractivity (Wildman–Crippen MR) is 92.5 cm³/mol. The van der Waals surface area contributed by atoms with Gasteiger partial charge in [0.2, 0.25) is 15.9 Å². The average Bonchev–Trinajstić information content (AvgIpc) is 2.63. The Morgan fingerprint density at radius 3 is 2.56 bits per heavy atom. The van der Waals surface area contributed by atoms with E-state index in [1.165, 1.54) is 0 Å². The molecule has 0 aromatic heterocycles. The van der Waals surface area contributed by atoms with Crippen LogP contribution >= 0.6 is 0 Å². The van der Waals surface area contributed by atoms with Gasteiger partial charge in [-0.1, -0.05) is 0 Å². The first-order valence-electron chi connectivity index (χ1n) is 9.07. The Balaban J connectivity index is 1.77. The molecule has 2 heterocycles. The number of rotatable bonds is 8. The number of amides is 1. The van der Waals surface area contributed by atoms with E-state index in [2.05, 4.69) is 10.0 Å². The van der Waals surface area contributed by atoms with Gasteiger partial charge in [0.25, 0.3) is 0 Å². The Labute approximate surface area is 149 Å². The molecule has 2 rings (SSSR count). The minimum atomic E-state index is -3.20. The van der Waals surface area contributed by atoms with Gasteiger partial charge in [0.15, 0.2) is 0 Å². The van der Waals surface area contributed by atoms with E-state index in [1.54, 1.807) is 6.92 Å². The molecule has 146 valence electrons. The van der Waals surface area contributed by atoms with Crippen molar-refractivity contribution in [1.29, 1.82) is 0 Å². The molecule has 0 saturated carbocycles. The van der Waals surface area contributed by atoms with Crippen LogP contribution in [0.15, 0.2) is 0 Å². The zero-order chi connectivity index (χ0) is 18.3. The zero-order valence-electron chi connectivity index (χ0n) is 14.8. The fourth-order valence-corrected chi connectivity index (χ4v) is 3.88. The van der Waals surface area contributed by atoms with Crippen molar-refractivity contribution in [2.24, 2.45) is 5.92 Å². The topological polar surface area (TPSA) is 114 Å². The van der Waals surface area contributed by atoms with E-state index in [9.17, 15) is 18.3 Å². The first kappa shape index (κ1) is 20.6. The summed E-state index contributed by atoms with van der Waals surface area (Å²) in [6.07, 6.45) is 2.87. The monoisotopic (exact) mass is 378 g/mol. The molecule has 0 bridgehead atoms. The average molecular weight is 378 g/mol. The number of hydrogen-bond acceptors (Lipinski definition) is 6. The van der Waals surface area contributed by atoms with E-state index in [-0.39, 0.29) is 36.3 Å². The molecule has 0 radical (unpaired) electrons. The van der Waals surface area contributed by atoms with Crippen LogP contribution in [0.3, 0.4) is 0 Å². The summed E-state index contributed by atoms with van der Waals surface area (Å²) in [6.45, 7) is 2.96. The number of hydrogen-bond donors (Lipinski definition) is 3. The van der Waals surface area contributed by atoms with Gasteiger partial charge >= 0.3 is 0 Å². The first-order chi connectivity index (χ1) is 11.9. The second-order valence-electron chi connectivity index (χ2n) is 6.64. The third kappa shape index (κ3) is 6.49. The molecule has 2 aliphatic rings. The molecule has 3 N–H and O–H groups in total. The van der Waals surface area contributed by atoms with Gasteiger partial charge in [0.05, 0.1) is 24.5 Å². The molecule has 0 aliphatic carbocycles. The minimum Gasteiger partial charge on any atom is -0.394 e. The number of carbonyl (C=O) groups is 1. The molecule has 0 aromatic rings. The molecule has 0 unspecified atom stereocenters. The van der Waals surface area contributed by atoms with Crippen LogP contribution in [0.1, 0.15) is 39.0 Å². The standard InChI is InChI=1S/C16H30N2O6S/c1-2-25(21,22)17-8-5-13-3-4-14(15(11-19)24-13)18-16(20)12-6-9-23-10-7-12/h12-15,17,19H,2-11H2,1H3,(H,18,20)/t13-,14+,15+/m0/s1. The van der Waals surface area contributed by atoms with Crippen LogP contribution in [-0.4, -0.2) is 69.8 Å². The molecule has 2 aliphatic heterocycles. The quantitative estimate of drug-likeness (QED) is 0.537. The molecule has 25 heavy (non-hydrogen) atoms. The summed E-state index contributed by atoms with van der Waals surface area (Å²) in [7, 11) is -3.20. The third-order valence-electron chi connectivity index (χ3n) is 4.88. The largest absolute Gasteiger partial charge is 0.394 e. The molecule has 1 amide bonds. The lowest BCUT2D eigenvalue weighted by molar-refractivity contribution is -0.134. The Morgan fingerprint density at radius 2 is 1.92 bits per heavy atom. The van der Waals surface area contributed by atoms with Crippen molar-refractivity contribution in [2.45, 2.75) is 57.3 Å². The molecule has 9 heteroatoms. The van der Waals surface area contributed by atoms with Crippen molar-refractivity contribution < 1.29 is 27.8 Å². The van der Waals surface area contributed by atoms with Crippen LogP contribution < -0.4 is 10.0 Å². The molecule has 0 spiro atoms. The summed E-state index contributed by atoms with van der Waals surface area (Å²) in [4.78, 5) is 12.3. The van der Waals surface area contributed by atoms with Gasteiger partial charge in [-0.15, -0.1) is 0 Å². The Bertz CT molecular complexity index is 521. The van der Waals surface area contributed by atoms with Gasteiger partial charge in [-0.2, -0.15) is 0 Å². The van der Waals surface area contributed by atoms with Gasteiger partial charge in [-0.3, -0.25) is 4.79 Å². The molecule has 0 aromatic carbocycles. The lowest BCUT2D eigenvalue weighted by atomic mass is 9.94. The van der Waals surface area contributed by atoms with E-state index in [0.29, 0.717) is 32.6 Å². The Hall–Kier alpha value is -0.740. The summed E-state index contributed by atoms with van der Waals surface area (Å²) in [5.41, 5.74) is 0. The number of aliphatic hydroxyl groups is 1. The van der Waals surface area contributed by atoms with E-state index in [1.807, 2.05) is 0 Å². The van der Waals surface area contributed by atoms with Gasteiger partial charge in [0, 0.05) is 25.7 Å².